The number of hydrogen-bond acceptors (Lipinski definition) is 5. The summed E-state index contributed by atoms with van der Waals surface area (Å²) in [5.74, 6) is 0.517. The highest BCUT2D eigenvalue weighted by molar-refractivity contribution is 7.91. The van der Waals surface area contributed by atoms with Crippen molar-refractivity contribution in [1.29, 1.82) is 0 Å². The molecule has 136 valence electrons. The summed E-state index contributed by atoms with van der Waals surface area (Å²) in [6.07, 6.45) is 0.323. The molecule has 8 heteroatoms. The molecule has 1 amide bonds. The van der Waals surface area contributed by atoms with E-state index in [9.17, 15) is 13.2 Å². The number of nitrogens with one attached hydrogen (secondary N) is 1. The Labute approximate surface area is 156 Å². The number of amides is 1. The standard InChI is InChI=1S/C18H16ClNO5S/c19-13-9-11(10-15-17(13)25-7-6-24-15)18(21)20-14-5-8-26(22,23)16-4-2-1-3-12(14)16/h1-4,9-10,14H,5-8H2,(H,20,21). The Morgan fingerprint density at radius 2 is 1.92 bits per heavy atom. The number of benzene rings is 2. The summed E-state index contributed by atoms with van der Waals surface area (Å²) in [5, 5.41) is 3.21. The fourth-order valence-corrected chi connectivity index (χ4v) is 5.11. The lowest BCUT2D eigenvalue weighted by atomic mass is 10.0. The molecule has 1 N–H and O–H groups in total. The number of hydrogen-bond donors (Lipinski definition) is 1. The Morgan fingerprint density at radius 1 is 1.15 bits per heavy atom. The van der Waals surface area contributed by atoms with E-state index in [1.165, 1.54) is 6.07 Å². The summed E-state index contributed by atoms with van der Waals surface area (Å²) >= 11 is 6.19. The van der Waals surface area contributed by atoms with Crippen molar-refractivity contribution in [2.75, 3.05) is 19.0 Å². The predicted octanol–water partition coefficient (Wildman–Crippen LogP) is 2.76. The van der Waals surface area contributed by atoms with Gasteiger partial charge in [0.15, 0.2) is 21.3 Å². The molecular formula is C18H16ClNO5S. The number of rotatable bonds is 2. The molecule has 0 saturated carbocycles. The monoisotopic (exact) mass is 393 g/mol. The highest BCUT2D eigenvalue weighted by Gasteiger charge is 2.31. The van der Waals surface area contributed by atoms with Crippen molar-refractivity contribution in [3.63, 3.8) is 0 Å². The molecule has 0 radical (unpaired) electrons. The molecule has 0 spiro atoms. The minimum atomic E-state index is -3.30. The molecule has 2 heterocycles. The molecule has 1 atom stereocenters. The summed E-state index contributed by atoms with van der Waals surface area (Å²) in [6.45, 7) is 0.799. The molecule has 0 fully saturated rings. The van der Waals surface area contributed by atoms with Gasteiger partial charge in [-0.05, 0) is 30.2 Å². The SMILES string of the molecule is O=C(NC1CCS(=O)(=O)c2ccccc21)c1cc(Cl)c2c(c1)OCCO2. The topological polar surface area (TPSA) is 81.7 Å². The quantitative estimate of drug-likeness (QED) is 0.848. The van der Waals surface area contributed by atoms with Crippen molar-refractivity contribution >= 4 is 27.3 Å². The van der Waals surface area contributed by atoms with Crippen LogP contribution < -0.4 is 14.8 Å². The number of sulfone groups is 1. The van der Waals surface area contributed by atoms with Crippen LogP contribution in [0, 0.1) is 0 Å². The minimum Gasteiger partial charge on any atom is -0.486 e. The van der Waals surface area contributed by atoms with Gasteiger partial charge in [-0.25, -0.2) is 8.42 Å². The molecular weight excluding hydrogens is 378 g/mol. The van der Waals surface area contributed by atoms with Gasteiger partial charge in [-0.3, -0.25) is 4.79 Å². The van der Waals surface area contributed by atoms with Crippen LogP contribution in [0.25, 0.3) is 0 Å². The van der Waals surface area contributed by atoms with Gasteiger partial charge in [-0.2, -0.15) is 0 Å². The molecule has 4 rings (SSSR count). The van der Waals surface area contributed by atoms with Gasteiger partial charge in [-0.15, -0.1) is 0 Å². The zero-order chi connectivity index (χ0) is 18.3. The van der Waals surface area contributed by atoms with Crippen LogP contribution in [-0.4, -0.2) is 33.3 Å². The summed E-state index contributed by atoms with van der Waals surface area (Å²) < 4.78 is 35.4. The number of carbonyl (C=O) groups is 1. The normalized spacial score (nSPS) is 20.1. The first-order chi connectivity index (χ1) is 12.5. The molecule has 0 saturated heterocycles. The summed E-state index contributed by atoms with van der Waals surface area (Å²) in [4.78, 5) is 13.0. The lowest BCUT2D eigenvalue weighted by Gasteiger charge is -2.26. The molecule has 26 heavy (non-hydrogen) atoms. The van der Waals surface area contributed by atoms with Gasteiger partial charge in [0, 0.05) is 5.56 Å². The Morgan fingerprint density at radius 3 is 2.77 bits per heavy atom. The zero-order valence-electron chi connectivity index (χ0n) is 13.7. The van der Waals surface area contributed by atoms with Crippen LogP contribution in [0.4, 0.5) is 0 Å². The molecule has 2 aromatic carbocycles. The van der Waals surface area contributed by atoms with Gasteiger partial charge in [0.25, 0.3) is 5.91 Å². The highest BCUT2D eigenvalue weighted by atomic mass is 35.5. The Kier molecular flexibility index (Phi) is 4.28. The maximum absolute atomic E-state index is 12.7. The summed E-state index contributed by atoms with van der Waals surface area (Å²) in [5.41, 5.74) is 0.945. The zero-order valence-corrected chi connectivity index (χ0v) is 15.3. The molecule has 2 aliphatic rings. The molecule has 6 nitrogen and oxygen atoms in total. The lowest BCUT2D eigenvalue weighted by Crippen LogP contribution is -2.34. The first-order valence-corrected chi connectivity index (χ1v) is 10.2. The molecule has 0 bridgehead atoms. The van der Waals surface area contributed by atoms with Gasteiger partial charge in [0.05, 0.1) is 21.7 Å². The summed E-state index contributed by atoms with van der Waals surface area (Å²) in [6, 6.07) is 9.48. The molecule has 2 aromatic rings. The molecule has 1 unspecified atom stereocenters. The van der Waals surface area contributed by atoms with E-state index < -0.39 is 9.84 Å². The maximum atomic E-state index is 12.7. The third-order valence-electron chi connectivity index (χ3n) is 4.47. The van der Waals surface area contributed by atoms with Crippen LogP contribution in [-0.2, 0) is 9.84 Å². The van der Waals surface area contributed by atoms with E-state index in [0.717, 1.165) is 0 Å². The van der Waals surface area contributed by atoms with Gasteiger partial charge in [0.2, 0.25) is 0 Å². The molecule has 0 aromatic heterocycles. The van der Waals surface area contributed by atoms with Crippen LogP contribution in [0.5, 0.6) is 11.5 Å². The second-order valence-corrected chi connectivity index (χ2v) is 8.64. The van der Waals surface area contributed by atoms with Gasteiger partial charge in [-0.1, -0.05) is 29.8 Å². The number of carbonyl (C=O) groups excluding carboxylic acids is 1. The van der Waals surface area contributed by atoms with E-state index in [4.69, 9.17) is 21.1 Å². The van der Waals surface area contributed by atoms with Crippen LogP contribution in [0.15, 0.2) is 41.3 Å². The van der Waals surface area contributed by atoms with E-state index in [0.29, 0.717) is 47.3 Å². The Bertz CT molecular complexity index is 989. The van der Waals surface area contributed by atoms with Crippen LogP contribution >= 0.6 is 11.6 Å². The minimum absolute atomic E-state index is 0.00312. The first kappa shape index (κ1) is 17.2. The van der Waals surface area contributed by atoms with Gasteiger partial charge < -0.3 is 14.8 Å². The fourth-order valence-electron chi connectivity index (χ4n) is 3.22. The van der Waals surface area contributed by atoms with Gasteiger partial charge >= 0.3 is 0 Å². The van der Waals surface area contributed by atoms with Crippen molar-refractivity contribution in [2.24, 2.45) is 0 Å². The fraction of sp³-hybridized carbons (Fsp3) is 0.278. The highest BCUT2D eigenvalue weighted by Crippen LogP contribution is 2.39. The average molecular weight is 394 g/mol. The average Bonchev–Trinajstić information content (AvgIpc) is 2.64. The number of fused-ring (bicyclic) bond motifs is 2. The Balaban J connectivity index is 1.62. The van der Waals surface area contributed by atoms with E-state index >= 15 is 0 Å². The lowest BCUT2D eigenvalue weighted by molar-refractivity contribution is 0.0933. The third-order valence-corrected chi connectivity index (χ3v) is 6.56. The smallest absolute Gasteiger partial charge is 0.251 e. The van der Waals surface area contributed by atoms with Crippen molar-refractivity contribution in [1.82, 2.24) is 5.32 Å². The first-order valence-electron chi connectivity index (χ1n) is 8.17. The number of ether oxygens (including phenoxy) is 2. The second-order valence-electron chi connectivity index (χ2n) is 6.15. The predicted molar refractivity (Wildman–Crippen MR) is 95.8 cm³/mol. The van der Waals surface area contributed by atoms with E-state index in [-0.39, 0.29) is 22.6 Å². The van der Waals surface area contributed by atoms with E-state index in [1.807, 2.05) is 0 Å². The number of halogens is 1. The maximum Gasteiger partial charge on any atom is 0.251 e. The van der Waals surface area contributed by atoms with Crippen molar-refractivity contribution in [2.45, 2.75) is 17.4 Å². The largest absolute Gasteiger partial charge is 0.486 e. The summed E-state index contributed by atoms with van der Waals surface area (Å²) in [7, 11) is -3.30. The van der Waals surface area contributed by atoms with E-state index in [2.05, 4.69) is 5.32 Å². The van der Waals surface area contributed by atoms with Crippen LogP contribution in [0.3, 0.4) is 0 Å². The van der Waals surface area contributed by atoms with Crippen LogP contribution in [0.2, 0.25) is 5.02 Å². The van der Waals surface area contributed by atoms with Crippen LogP contribution in [0.1, 0.15) is 28.4 Å². The third kappa shape index (κ3) is 3.01. The Hall–Kier alpha value is -2.25. The molecule has 0 aliphatic carbocycles. The molecule has 2 aliphatic heterocycles. The van der Waals surface area contributed by atoms with Crippen molar-refractivity contribution in [3.05, 3.63) is 52.5 Å². The second kappa shape index (κ2) is 6.48. The van der Waals surface area contributed by atoms with Crippen molar-refractivity contribution in [3.8, 4) is 11.5 Å². The van der Waals surface area contributed by atoms with E-state index in [1.54, 1.807) is 30.3 Å². The van der Waals surface area contributed by atoms with Crippen molar-refractivity contribution < 1.29 is 22.7 Å². The van der Waals surface area contributed by atoms with Gasteiger partial charge in [0.1, 0.15) is 13.2 Å².